The van der Waals surface area contributed by atoms with Crippen LogP contribution in [0.2, 0.25) is 0 Å². The quantitative estimate of drug-likeness (QED) is 0.685. The second-order valence-electron chi connectivity index (χ2n) is 2.90. The van der Waals surface area contributed by atoms with Crippen molar-refractivity contribution in [3.05, 3.63) is 24.3 Å². The minimum atomic E-state index is -0.259. The van der Waals surface area contributed by atoms with Crippen LogP contribution in [0.1, 0.15) is 0 Å². The number of methoxy groups -OCH3 is 1. The van der Waals surface area contributed by atoms with Crippen molar-refractivity contribution in [2.45, 2.75) is 0 Å². The Balaban J connectivity index is 2.46. The Morgan fingerprint density at radius 1 is 1.40 bits per heavy atom. The first kappa shape index (κ1) is 11.3. The summed E-state index contributed by atoms with van der Waals surface area (Å²) in [6, 6.07) is 6.82. The first-order valence-electron chi connectivity index (χ1n) is 4.65. The van der Waals surface area contributed by atoms with Crippen molar-refractivity contribution in [1.82, 2.24) is 5.32 Å². The smallest absolute Gasteiger partial charge is 0.319 e. The van der Waals surface area contributed by atoms with Crippen molar-refractivity contribution >= 4 is 11.7 Å². The molecule has 0 aromatic heterocycles. The van der Waals surface area contributed by atoms with E-state index in [2.05, 4.69) is 10.6 Å². The number of hydrogen-bond donors (Lipinski definition) is 3. The molecule has 0 heterocycles. The van der Waals surface area contributed by atoms with Gasteiger partial charge in [-0.2, -0.15) is 0 Å². The van der Waals surface area contributed by atoms with Gasteiger partial charge in [0, 0.05) is 18.8 Å². The van der Waals surface area contributed by atoms with Crippen LogP contribution in [0.25, 0.3) is 0 Å². The average Bonchev–Trinajstić information content (AvgIpc) is 2.27. The summed E-state index contributed by atoms with van der Waals surface area (Å²) in [5.41, 5.74) is 5.96. The summed E-state index contributed by atoms with van der Waals surface area (Å²) < 4.78 is 4.99. The second-order valence-corrected chi connectivity index (χ2v) is 2.90. The van der Waals surface area contributed by atoms with E-state index in [1.165, 1.54) is 0 Å². The fourth-order valence-corrected chi connectivity index (χ4v) is 1.04. The molecule has 1 aromatic carbocycles. The van der Waals surface area contributed by atoms with E-state index in [9.17, 15) is 4.79 Å². The Bertz CT molecular complexity index is 311. The predicted molar refractivity (Wildman–Crippen MR) is 59.1 cm³/mol. The van der Waals surface area contributed by atoms with Crippen LogP contribution in [0.4, 0.5) is 10.5 Å². The fourth-order valence-electron chi connectivity index (χ4n) is 1.04. The van der Waals surface area contributed by atoms with E-state index in [-0.39, 0.29) is 6.03 Å². The molecule has 2 amide bonds. The topological polar surface area (TPSA) is 76.4 Å². The first-order valence-corrected chi connectivity index (χ1v) is 4.65. The van der Waals surface area contributed by atoms with Crippen LogP contribution < -0.4 is 21.1 Å². The van der Waals surface area contributed by atoms with Gasteiger partial charge in [-0.25, -0.2) is 4.79 Å². The van der Waals surface area contributed by atoms with Crippen LogP contribution in [0, 0.1) is 0 Å². The molecule has 4 N–H and O–H groups in total. The fraction of sp³-hybridized carbons (Fsp3) is 0.300. The molecule has 0 aliphatic rings. The van der Waals surface area contributed by atoms with E-state index >= 15 is 0 Å². The maximum absolute atomic E-state index is 11.2. The Morgan fingerprint density at radius 3 is 2.60 bits per heavy atom. The number of benzene rings is 1. The molecule has 0 aliphatic heterocycles. The van der Waals surface area contributed by atoms with Crippen molar-refractivity contribution in [1.29, 1.82) is 0 Å². The highest BCUT2D eigenvalue weighted by Crippen LogP contribution is 2.14. The number of carbonyl (C=O) groups excluding carboxylic acids is 1. The van der Waals surface area contributed by atoms with E-state index < -0.39 is 0 Å². The van der Waals surface area contributed by atoms with Crippen LogP contribution in [0.15, 0.2) is 24.3 Å². The van der Waals surface area contributed by atoms with Crippen molar-refractivity contribution in [3.63, 3.8) is 0 Å². The maximum atomic E-state index is 11.2. The zero-order chi connectivity index (χ0) is 11.1. The van der Waals surface area contributed by atoms with Gasteiger partial charge in [-0.05, 0) is 24.3 Å². The molecule has 0 aliphatic carbocycles. The number of amides is 2. The molecule has 5 nitrogen and oxygen atoms in total. The van der Waals surface area contributed by atoms with Crippen LogP contribution >= 0.6 is 0 Å². The van der Waals surface area contributed by atoms with Crippen molar-refractivity contribution < 1.29 is 9.53 Å². The monoisotopic (exact) mass is 209 g/mol. The van der Waals surface area contributed by atoms with Gasteiger partial charge in [-0.15, -0.1) is 0 Å². The van der Waals surface area contributed by atoms with Gasteiger partial charge in [-0.1, -0.05) is 0 Å². The van der Waals surface area contributed by atoms with Crippen LogP contribution in [0.5, 0.6) is 5.75 Å². The lowest BCUT2D eigenvalue weighted by molar-refractivity contribution is 0.252. The summed E-state index contributed by atoms with van der Waals surface area (Å²) in [4.78, 5) is 11.2. The van der Waals surface area contributed by atoms with Gasteiger partial charge < -0.3 is 21.1 Å². The summed E-state index contributed by atoms with van der Waals surface area (Å²) in [5.74, 6) is 0.753. The van der Waals surface area contributed by atoms with Crippen molar-refractivity contribution in [2.75, 3.05) is 25.5 Å². The number of rotatable bonds is 4. The number of anilines is 1. The van der Waals surface area contributed by atoms with Gasteiger partial charge in [-0.3, -0.25) is 0 Å². The molecule has 5 heteroatoms. The van der Waals surface area contributed by atoms with Gasteiger partial charge >= 0.3 is 6.03 Å². The van der Waals surface area contributed by atoms with Gasteiger partial charge in [0.05, 0.1) is 7.11 Å². The minimum absolute atomic E-state index is 0.259. The number of hydrogen-bond acceptors (Lipinski definition) is 3. The summed E-state index contributed by atoms with van der Waals surface area (Å²) in [7, 11) is 1.59. The van der Waals surface area contributed by atoms with Gasteiger partial charge in [0.2, 0.25) is 0 Å². The van der Waals surface area contributed by atoms with Crippen molar-refractivity contribution in [2.24, 2.45) is 5.73 Å². The van der Waals surface area contributed by atoms with Gasteiger partial charge in [0.15, 0.2) is 0 Å². The Morgan fingerprint density at radius 2 is 2.07 bits per heavy atom. The molecule has 0 unspecified atom stereocenters. The molecule has 82 valence electrons. The summed E-state index contributed by atoms with van der Waals surface area (Å²) in [6.07, 6.45) is 0. The lowest BCUT2D eigenvalue weighted by Gasteiger charge is -2.07. The minimum Gasteiger partial charge on any atom is -0.497 e. The highest BCUT2D eigenvalue weighted by Gasteiger charge is 1.99. The first-order chi connectivity index (χ1) is 7.26. The average molecular weight is 209 g/mol. The molecule has 0 bridgehead atoms. The van der Waals surface area contributed by atoms with E-state index in [0.717, 1.165) is 5.75 Å². The predicted octanol–water partition coefficient (Wildman–Crippen LogP) is 0.775. The lowest BCUT2D eigenvalue weighted by atomic mass is 10.3. The zero-order valence-electron chi connectivity index (χ0n) is 8.62. The number of urea groups is 1. The van der Waals surface area contributed by atoms with Crippen molar-refractivity contribution in [3.8, 4) is 5.75 Å². The van der Waals surface area contributed by atoms with Crippen LogP contribution in [-0.2, 0) is 0 Å². The zero-order valence-corrected chi connectivity index (χ0v) is 8.62. The molecular weight excluding hydrogens is 194 g/mol. The molecular formula is C10H15N3O2. The highest BCUT2D eigenvalue weighted by molar-refractivity contribution is 5.89. The molecule has 1 aromatic rings. The van der Waals surface area contributed by atoms with E-state index in [1.807, 2.05) is 0 Å². The molecule has 1 rings (SSSR count). The van der Waals surface area contributed by atoms with E-state index in [0.29, 0.717) is 18.8 Å². The second kappa shape index (κ2) is 5.87. The van der Waals surface area contributed by atoms with Gasteiger partial charge in [0.1, 0.15) is 5.75 Å². The van der Waals surface area contributed by atoms with E-state index in [4.69, 9.17) is 10.5 Å². The molecule has 0 saturated heterocycles. The summed E-state index contributed by atoms with van der Waals surface area (Å²) in [6.45, 7) is 0.887. The number of carbonyl (C=O) groups is 1. The number of ether oxygens (including phenoxy) is 1. The van der Waals surface area contributed by atoms with Crippen LogP contribution in [-0.4, -0.2) is 26.2 Å². The molecule has 15 heavy (non-hydrogen) atoms. The third-order valence-corrected chi connectivity index (χ3v) is 1.78. The molecule has 0 radical (unpaired) electrons. The third kappa shape index (κ3) is 3.86. The molecule has 0 atom stereocenters. The Labute approximate surface area is 88.6 Å². The SMILES string of the molecule is COc1ccc(NC(=O)NCCN)cc1. The largest absolute Gasteiger partial charge is 0.497 e. The normalized spacial score (nSPS) is 9.47. The van der Waals surface area contributed by atoms with E-state index in [1.54, 1.807) is 31.4 Å². The molecule has 0 spiro atoms. The van der Waals surface area contributed by atoms with Gasteiger partial charge in [0.25, 0.3) is 0 Å². The third-order valence-electron chi connectivity index (χ3n) is 1.78. The number of nitrogens with one attached hydrogen (secondary N) is 2. The molecule has 0 fully saturated rings. The maximum Gasteiger partial charge on any atom is 0.319 e. The summed E-state index contributed by atoms with van der Waals surface area (Å²) >= 11 is 0. The Hall–Kier alpha value is -1.75. The summed E-state index contributed by atoms with van der Waals surface area (Å²) in [5, 5.41) is 5.27. The molecule has 0 saturated carbocycles. The highest BCUT2D eigenvalue weighted by atomic mass is 16.5. The lowest BCUT2D eigenvalue weighted by Crippen LogP contribution is -2.32. The number of nitrogens with two attached hydrogens (primary N) is 1. The van der Waals surface area contributed by atoms with Crippen LogP contribution in [0.3, 0.4) is 0 Å². The Kier molecular flexibility index (Phi) is 4.43. The standard InChI is InChI=1S/C10H15N3O2/c1-15-9-4-2-8(3-5-9)13-10(14)12-7-6-11/h2-5H,6-7,11H2,1H3,(H2,12,13,14).